The van der Waals surface area contributed by atoms with Crippen LogP contribution in [0.5, 0.6) is 0 Å². The molecule has 3 aliphatic heterocycles. The van der Waals surface area contributed by atoms with Crippen molar-refractivity contribution in [1.29, 1.82) is 0 Å². The first-order valence-corrected chi connectivity index (χ1v) is 11.3. The monoisotopic (exact) mass is 458 g/mol. The molecule has 8 nitrogen and oxygen atoms in total. The molecule has 1 spiro atoms. The van der Waals surface area contributed by atoms with Gasteiger partial charge in [-0.1, -0.05) is 0 Å². The summed E-state index contributed by atoms with van der Waals surface area (Å²) in [4.78, 5) is 27.6. The molecule has 2 aromatic rings. The fourth-order valence-electron chi connectivity index (χ4n) is 5.39. The minimum atomic E-state index is -0.951. The first-order valence-electron chi connectivity index (χ1n) is 11.3. The molecule has 0 unspecified atom stereocenters. The Kier molecular flexibility index (Phi) is 5.15. The molecular formula is C23H28F2N6O2. The van der Waals surface area contributed by atoms with E-state index in [4.69, 9.17) is 5.73 Å². The largest absolute Gasteiger partial charge is 0.386 e. The van der Waals surface area contributed by atoms with Crippen LogP contribution in [-0.2, 0) is 4.79 Å². The molecule has 3 fully saturated rings. The lowest BCUT2D eigenvalue weighted by Crippen LogP contribution is -2.61. The highest BCUT2D eigenvalue weighted by Crippen LogP contribution is 2.42. The predicted molar refractivity (Wildman–Crippen MR) is 121 cm³/mol. The molecule has 3 aliphatic rings. The lowest BCUT2D eigenvalue weighted by atomic mass is 9.78. The molecule has 3 N–H and O–H groups in total. The summed E-state index contributed by atoms with van der Waals surface area (Å²) in [7, 11) is 0. The molecule has 0 radical (unpaired) electrons. The van der Waals surface area contributed by atoms with Gasteiger partial charge in [0.2, 0.25) is 11.9 Å². The van der Waals surface area contributed by atoms with Crippen molar-refractivity contribution >= 4 is 29.2 Å². The van der Waals surface area contributed by atoms with E-state index in [0.717, 1.165) is 25.0 Å². The van der Waals surface area contributed by atoms with Gasteiger partial charge in [0, 0.05) is 37.3 Å². The van der Waals surface area contributed by atoms with Crippen molar-refractivity contribution in [3.63, 3.8) is 0 Å². The van der Waals surface area contributed by atoms with Crippen LogP contribution in [-0.4, -0.2) is 58.3 Å². The van der Waals surface area contributed by atoms with Crippen molar-refractivity contribution in [1.82, 2.24) is 9.97 Å². The Hall–Kier alpha value is -3.01. The highest BCUT2D eigenvalue weighted by Gasteiger charge is 2.46. The number of β-amino-alcohol motifs (C(OH)–C–C–N with tert-alkyl or cyclic N) is 1. The Morgan fingerprint density at radius 1 is 1.03 bits per heavy atom. The topological polar surface area (TPSA) is 98.8 Å². The van der Waals surface area contributed by atoms with E-state index in [1.807, 2.05) is 4.90 Å². The van der Waals surface area contributed by atoms with Gasteiger partial charge in [0.1, 0.15) is 11.6 Å². The maximum atomic E-state index is 14.0. The normalized spacial score (nSPS) is 21.9. The summed E-state index contributed by atoms with van der Waals surface area (Å²) in [5.41, 5.74) is 5.27. The molecule has 1 amide bonds. The lowest BCUT2D eigenvalue weighted by Gasteiger charge is -2.51. The average molecular weight is 459 g/mol. The molecular weight excluding hydrogens is 430 g/mol. The Bertz CT molecular complexity index is 1080. The maximum absolute atomic E-state index is 14.0. The summed E-state index contributed by atoms with van der Waals surface area (Å²) in [5.74, 6) is -0.369. The molecule has 1 aromatic carbocycles. The van der Waals surface area contributed by atoms with E-state index in [9.17, 15) is 18.7 Å². The number of hydrogen-bond acceptors (Lipinski definition) is 7. The van der Waals surface area contributed by atoms with Crippen molar-refractivity contribution in [3.05, 3.63) is 35.9 Å². The number of aromatic nitrogens is 2. The average Bonchev–Trinajstić information content (AvgIpc) is 2.74. The Morgan fingerprint density at radius 3 is 2.42 bits per heavy atom. The summed E-state index contributed by atoms with van der Waals surface area (Å²) in [5, 5.41) is 10.0. The van der Waals surface area contributed by atoms with E-state index < -0.39 is 22.8 Å². The number of rotatable bonds is 3. The number of hydrogen-bond donors (Lipinski definition) is 2. The second-order valence-corrected chi connectivity index (χ2v) is 9.70. The number of piperidine rings is 2. The van der Waals surface area contributed by atoms with Crippen LogP contribution >= 0.6 is 0 Å². The number of halogens is 2. The van der Waals surface area contributed by atoms with E-state index in [1.54, 1.807) is 17.9 Å². The number of nitrogens with two attached hydrogens (primary N) is 1. The number of carbonyl (C=O) groups is 1. The van der Waals surface area contributed by atoms with Gasteiger partial charge in [-0.15, -0.1) is 0 Å². The zero-order chi connectivity index (χ0) is 23.4. The smallest absolute Gasteiger partial charge is 0.229 e. The maximum Gasteiger partial charge on any atom is 0.229 e. The molecule has 4 heterocycles. The number of benzene rings is 1. The molecule has 0 aliphatic carbocycles. The Morgan fingerprint density at radius 2 is 1.76 bits per heavy atom. The van der Waals surface area contributed by atoms with Gasteiger partial charge in [-0.3, -0.25) is 4.79 Å². The molecule has 0 bridgehead atoms. The number of nitrogens with zero attached hydrogens (tertiary/aromatic N) is 5. The van der Waals surface area contributed by atoms with Crippen molar-refractivity contribution in [3.8, 4) is 0 Å². The van der Waals surface area contributed by atoms with Crippen LogP contribution in [0.2, 0.25) is 0 Å². The molecule has 0 saturated carbocycles. The number of anilines is 4. The number of carbonyl (C=O) groups excluding carboxylic acids is 1. The zero-order valence-corrected chi connectivity index (χ0v) is 18.6. The van der Waals surface area contributed by atoms with Crippen molar-refractivity contribution in [2.45, 2.75) is 50.2 Å². The second kappa shape index (κ2) is 7.79. The van der Waals surface area contributed by atoms with E-state index >= 15 is 0 Å². The highest BCUT2D eigenvalue weighted by atomic mass is 19.2. The molecule has 5 rings (SSSR count). The van der Waals surface area contributed by atoms with Gasteiger partial charge in [-0.2, -0.15) is 9.97 Å². The highest BCUT2D eigenvalue weighted by molar-refractivity contribution is 5.95. The SMILES string of the molecule is CC1(O)CN(c2nc(N)cc(N3CCC4(CCCC(=O)N4c4ccc(F)c(F)c4)CC3)n2)C1. The summed E-state index contributed by atoms with van der Waals surface area (Å²) < 4.78 is 27.5. The third-order valence-electron chi connectivity index (χ3n) is 7.00. The fourth-order valence-corrected chi connectivity index (χ4v) is 5.39. The van der Waals surface area contributed by atoms with Gasteiger partial charge < -0.3 is 25.5 Å². The molecule has 1 aromatic heterocycles. The van der Waals surface area contributed by atoms with E-state index in [0.29, 0.717) is 68.7 Å². The van der Waals surface area contributed by atoms with Crippen LogP contribution < -0.4 is 20.4 Å². The number of aliphatic hydroxyl groups is 1. The van der Waals surface area contributed by atoms with Crippen LogP contribution in [0.3, 0.4) is 0 Å². The fraction of sp³-hybridized carbons (Fsp3) is 0.522. The molecule has 0 atom stereocenters. The summed E-state index contributed by atoms with van der Waals surface area (Å²) in [6.07, 6.45) is 3.34. The predicted octanol–water partition coefficient (Wildman–Crippen LogP) is 2.46. The van der Waals surface area contributed by atoms with Crippen LogP contribution in [0, 0.1) is 11.6 Å². The van der Waals surface area contributed by atoms with Crippen LogP contribution in [0.15, 0.2) is 24.3 Å². The number of nitrogen functional groups attached to an aromatic ring is 1. The summed E-state index contributed by atoms with van der Waals surface area (Å²) in [6, 6.07) is 5.41. The summed E-state index contributed by atoms with van der Waals surface area (Å²) >= 11 is 0. The van der Waals surface area contributed by atoms with Crippen molar-refractivity contribution < 1.29 is 18.7 Å². The first kappa shape index (κ1) is 21.8. The first-order chi connectivity index (χ1) is 15.7. The van der Waals surface area contributed by atoms with Gasteiger partial charge in [-0.05, 0) is 44.7 Å². The van der Waals surface area contributed by atoms with E-state index in [2.05, 4.69) is 14.9 Å². The molecule has 176 valence electrons. The number of amides is 1. The van der Waals surface area contributed by atoms with Gasteiger partial charge in [0.05, 0.1) is 24.2 Å². The standard InChI is InChI=1S/C23H28F2N6O2/c1-22(33)13-30(14-22)21-27-18(26)12-19(28-21)29-9-7-23(8-10-29)6-2-3-20(32)31(23)15-4-5-16(24)17(25)11-15/h4-5,11-12,33H,2-3,6-10,13-14H2,1H3,(H2,26,27,28). The van der Waals surface area contributed by atoms with Gasteiger partial charge in [0.25, 0.3) is 0 Å². The Labute approximate surface area is 191 Å². The zero-order valence-electron chi connectivity index (χ0n) is 18.6. The molecule has 3 saturated heterocycles. The van der Waals surface area contributed by atoms with Gasteiger partial charge >= 0.3 is 0 Å². The summed E-state index contributed by atoms with van der Waals surface area (Å²) in [6.45, 7) is 3.95. The molecule has 33 heavy (non-hydrogen) atoms. The second-order valence-electron chi connectivity index (χ2n) is 9.70. The minimum absolute atomic E-state index is 0.0564. The lowest BCUT2D eigenvalue weighted by molar-refractivity contribution is -0.121. The minimum Gasteiger partial charge on any atom is -0.386 e. The quantitative estimate of drug-likeness (QED) is 0.729. The third-order valence-corrected chi connectivity index (χ3v) is 7.00. The molecule has 10 heteroatoms. The van der Waals surface area contributed by atoms with E-state index in [-0.39, 0.29) is 5.91 Å². The Balaban J connectivity index is 1.36. The van der Waals surface area contributed by atoms with Gasteiger partial charge in [0.15, 0.2) is 11.6 Å². The van der Waals surface area contributed by atoms with Crippen LogP contribution in [0.4, 0.5) is 32.1 Å². The van der Waals surface area contributed by atoms with Gasteiger partial charge in [-0.25, -0.2) is 8.78 Å². The van der Waals surface area contributed by atoms with Crippen LogP contribution in [0.25, 0.3) is 0 Å². The van der Waals surface area contributed by atoms with E-state index in [1.165, 1.54) is 6.07 Å². The van der Waals surface area contributed by atoms with Crippen molar-refractivity contribution in [2.24, 2.45) is 0 Å². The van der Waals surface area contributed by atoms with Crippen LogP contribution in [0.1, 0.15) is 39.0 Å². The van der Waals surface area contributed by atoms with Crippen molar-refractivity contribution in [2.75, 3.05) is 46.6 Å². The third kappa shape index (κ3) is 3.96.